The van der Waals surface area contributed by atoms with Crippen LogP contribution in [0, 0.1) is 11.3 Å². The van der Waals surface area contributed by atoms with E-state index in [9.17, 15) is 10.1 Å². The summed E-state index contributed by atoms with van der Waals surface area (Å²) in [5, 5.41) is 12.0. The Morgan fingerprint density at radius 3 is 2.65 bits per heavy atom. The Labute approximate surface area is 152 Å². The van der Waals surface area contributed by atoms with Crippen LogP contribution in [0.5, 0.6) is 5.75 Å². The standard InChI is InChI=1S/C20H21N3O3/c1-2-25-17-7-5-16(6-8-17)22-20(24)15(14-21)13-18-9-10-19(26-18)23-11-3-4-12-23/h5-10,13H,2-4,11-12H2,1H3,(H,22,24)/b15-13-. The first kappa shape index (κ1) is 17.6. The third kappa shape index (κ3) is 4.25. The summed E-state index contributed by atoms with van der Waals surface area (Å²) in [5.74, 6) is 1.52. The lowest BCUT2D eigenvalue weighted by molar-refractivity contribution is -0.112. The Morgan fingerprint density at radius 2 is 2.00 bits per heavy atom. The van der Waals surface area contributed by atoms with Crippen molar-refractivity contribution in [2.45, 2.75) is 19.8 Å². The number of benzene rings is 1. The van der Waals surface area contributed by atoms with Crippen molar-refractivity contribution in [3.05, 3.63) is 47.7 Å². The molecule has 6 heteroatoms. The summed E-state index contributed by atoms with van der Waals surface area (Å²) in [6.07, 6.45) is 3.77. The maximum atomic E-state index is 12.3. The Kier molecular flexibility index (Phi) is 5.59. The summed E-state index contributed by atoms with van der Waals surface area (Å²) in [6, 6.07) is 12.6. The smallest absolute Gasteiger partial charge is 0.266 e. The van der Waals surface area contributed by atoms with E-state index in [1.165, 1.54) is 6.08 Å². The second kappa shape index (κ2) is 8.26. The number of amides is 1. The number of nitriles is 1. The Bertz CT molecular complexity index is 825. The van der Waals surface area contributed by atoms with E-state index in [4.69, 9.17) is 9.15 Å². The van der Waals surface area contributed by atoms with Gasteiger partial charge in [-0.05, 0) is 50.1 Å². The van der Waals surface area contributed by atoms with E-state index in [2.05, 4.69) is 10.2 Å². The summed E-state index contributed by atoms with van der Waals surface area (Å²) in [7, 11) is 0. The van der Waals surface area contributed by atoms with Crippen molar-refractivity contribution in [2.24, 2.45) is 0 Å². The summed E-state index contributed by atoms with van der Waals surface area (Å²) < 4.78 is 11.1. The quantitative estimate of drug-likeness (QED) is 0.632. The number of hydrogen-bond acceptors (Lipinski definition) is 5. The van der Waals surface area contributed by atoms with Gasteiger partial charge in [-0.2, -0.15) is 5.26 Å². The van der Waals surface area contributed by atoms with Gasteiger partial charge in [0.15, 0.2) is 5.88 Å². The van der Waals surface area contributed by atoms with Gasteiger partial charge in [0.1, 0.15) is 23.2 Å². The Balaban J connectivity index is 1.68. The van der Waals surface area contributed by atoms with Gasteiger partial charge in [0.25, 0.3) is 5.91 Å². The highest BCUT2D eigenvalue weighted by Crippen LogP contribution is 2.24. The van der Waals surface area contributed by atoms with Crippen LogP contribution in [0.15, 0.2) is 46.4 Å². The molecule has 0 spiro atoms. The highest BCUT2D eigenvalue weighted by atomic mass is 16.5. The molecule has 0 bridgehead atoms. The fourth-order valence-electron chi connectivity index (χ4n) is 2.82. The van der Waals surface area contributed by atoms with Crippen molar-refractivity contribution in [1.29, 1.82) is 5.26 Å². The van der Waals surface area contributed by atoms with Gasteiger partial charge in [-0.15, -0.1) is 0 Å². The SMILES string of the molecule is CCOc1ccc(NC(=O)/C(C#N)=C\c2ccc(N3CCCC3)o2)cc1. The number of furan rings is 1. The minimum Gasteiger partial charge on any atom is -0.494 e. The first-order valence-corrected chi connectivity index (χ1v) is 8.70. The predicted molar refractivity (Wildman–Crippen MR) is 100.0 cm³/mol. The lowest BCUT2D eigenvalue weighted by atomic mass is 10.2. The molecule has 0 atom stereocenters. The molecule has 1 amide bonds. The van der Waals surface area contributed by atoms with Gasteiger partial charge in [-0.3, -0.25) is 4.79 Å². The molecule has 0 unspecified atom stereocenters. The number of carbonyl (C=O) groups is 1. The van der Waals surface area contributed by atoms with Gasteiger partial charge in [0.2, 0.25) is 0 Å². The van der Waals surface area contributed by atoms with E-state index in [1.807, 2.05) is 19.1 Å². The molecule has 0 aliphatic carbocycles. The average molecular weight is 351 g/mol. The van der Waals surface area contributed by atoms with Gasteiger partial charge >= 0.3 is 0 Å². The maximum absolute atomic E-state index is 12.3. The van der Waals surface area contributed by atoms with Gasteiger partial charge in [0.05, 0.1) is 6.61 Å². The summed E-state index contributed by atoms with van der Waals surface area (Å²) in [5.41, 5.74) is 0.581. The number of nitrogens with one attached hydrogen (secondary N) is 1. The highest BCUT2D eigenvalue weighted by molar-refractivity contribution is 6.09. The lowest BCUT2D eigenvalue weighted by Gasteiger charge is -2.12. The number of hydrogen-bond donors (Lipinski definition) is 1. The van der Waals surface area contributed by atoms with Gasteiger partial charge < -0.3 is 19.4 Å². The summed E-state index contributed by atoms with van der Waals surface area (Å²) >= 11 is 0. The van der Waals surface area contributed by atoms with Crippen LogP contribution in [0.25, 0.3) is 6.08 Å². The maximum Gasteiger partial charge on any atom is 0.266 e. The van der Waals surface area contributed by atoms with Crippen LogP contribution in [-0.2, 0) is 4.79 Å². The van der Waals surface area contributed by atoms with E-state index in [0.717, 1.165) is 37.6 Å². The number of nitrogens with zero attached hydrogens (tertiary/aromatic N) is 2. The fraction of sp³-hybridized carbons (Fsp3) is 0.300. The highest BCUT2D eigenvalue weighted by Gasteiger charge is 2.16. The molecule has 1 saturated heterocycles. The van der Waals surface area contributed by atoms with Crippen molar-refractivity contribution < 1.29 is 13.9 Å². The second-order valence-electron chi connectivity index (χ2n) is 5.95. The summed E-state index contributed by atoms with van der Waals surface area (Å²) in [6.45, 7) is 4.43. The topological polar surface area (TPSA) is 78.5 Å². The number of anilines is 2. The molecule has 6 nitrogen and oxygen atoms in total. The van der Waals surface area contributed by atoms with Crippen LogP contribution in [0.3, 0.4) is 0 Å². The van der Waals surface area contributed by atoms with E-state index >= 15 is 0 Å². The molecule has 1 aliphatic rings. The van der Waals surface area contributed by atoms with Crippen LogP contribution in [0.1, 0.15) is 25.5 Å². The van der Waals surface area contributed by atoms with Crippen LogP contribution in [0.2, 0.25) is 0 Å². The lowest BCUT2D eigenvalue weighted by Crippen LogP contribution is -2.16. The van der Waals surface area contributed by atoms with Crippen LogP contribution < -0.4 is 15.0 Å². The summed E-state index contributed by atoms with van der Waals surface area (Å²) in [4.78, 5) is 14.5. The molecule has 1 aromatic carbocycles. The van der Waals surface area contributed by atoms with Crippen molar-refractivity contribution in [2.75, 3.05) is 29.9 Å². The van der Waals surface area contributed by atoms with Gasteiger partial charge in [-0.1, -0.05) is 0 Å². The van der Waals surface area contributed by atoms with E-state index in [1.54, 1.807) is 30.3 Å². The number of ether oxygens (including phenoxy) is 1. The average Bonchev–Trinajstić information content (AvgIpc) is 3.33. The zero-order valence-corrected chi connectivity index (χ0v) is 14.7. The van der Waals surface area contributed by atoms with E-state index in [0.29, 0.717) is 18.1 Å². The fourth-order valence-corrected chi connectivity index (χ4v) is 2.82. The largest absolute Gasteiger partial charge is 0.494 e. The van der Waals surface area contributed by atoms with Crippen LogP contribution in [0.4, 0.5) is 11.6 Å². The van der Waals surface area contributed by atoms with E-state index in [-0.39, 0.29) is 5.57 Å². The molecule has 0 saturated carbocycles. The number of carbonyl (C=O) groups excluding carboxylic acids is 1. The van der Waals surface area contributed by atoms with Gasteiger partial charge in [-0.25, -0.2) is 0 Å². The van der Waals surface area contributed by atoms with E-state index < -0.39 is 5.91 Å². The molecule has 3 rings (SSSR count). The molecule has 1 aromatic heterocycles. The van der Waals surface area contributed by atoms with Crippen molar-refractivity contribution in [3.63, 3.8) is 0 Å². The molecular weight excluding hydrogens is 330 g/mol. The number of rotatable bonds is 6. The van der Waals surface area contributed by atoms with Crippen molar-refractivity contribution in [3.8, 4) is 11.8 Å². The predicted octanol–water partition coefficient (Wildman–Crippen LogP) is 3.82. The Hall–Kier alpha value is -3.20. The molecule has 2 aromatic rings. The third-order valence-electron chi connectivity index (χ3n) is 4.11. The van der Waals surface area contributed by atoms with Crippen LogP contribution >= 0.6 is 0 Å². The molecule has 134 valence electrons. The molecule has 26 heavy (non-hydrogen) atoms. The second-order valence-corrected chi connectivity index (χ2v) is 5.95. The third-order valence-corrected chi connectivity index (χ3v) is 4.11. The molecule has 1 aliphatic heterocycles. The minimum atomic E-state index is -0.476. The van der Waals surface area contributed by atoms with Crippen molar-refractivity contribution in [1.82, 2.24) is 0 Å². The van der Waals surface area contributed by atoms with Crippen LogP contribution in [-0.4, -0.2) is 25.6 Å². The van der Waals surface area contributed by atoms with Crippen molar-refractivity contribution >= 4 is 23.6 Å². The molecule has 1 fully saturated rings. The van der Waals surface area contributed by atoms with Gasteiger partial charge in [0, 0.05) is 30.9 Å². The molecule has 1 N–H and O–H groups in total. The zero-order chi connectivity index (χ0) is 18.4. The molecule has 2 heterocycles. The first-order valence-electron chi connectivity index (χ1n) is 8.70. The molecule has 0 radical (unpaired) electrons. The normalized spacial score (nSPS) is 14.2. The monoisotopic (exact) mass is 351 g/mol. The Morgan fingerprint density at radius 1 is 1.27 bits per heavy atom. The minimum absolute atomic E-state index is 0.0128. The first-order chi connectivity index (χ1) is 12.7. The zero-order valence-electron chi connectivity index (χ0n) is 14.7. The molecular formula is C20H21N3O3.